The van der Waals surface area contributed by atoms with Gasteiger partial charge in [0.15, 0.2) is 0 Å². The summed E-state index contributed by atoms with van der Waals surface area (Å²) in [6.07, 6.45) is 1.91. The van der Waals surface area contributed by atoms with Gasteiger partial charge in [0.25, 0.3) is 5.91 Å². The van der Waals surface area contributed by atoms with Gasteiger partial charge in [0.2, 0.25) is 5.91 Å². The van der Waals surface area contributed by atoms with Crippen LogP contribution in [-0.4, -0.2) is 24.5 Å². The second-order valence-electron chi connectivity index (χ2n) is 7.64. The van der Waals surface area contributed by atoms with E-state index in [1.54, 1.807) is 13.0 Å². The van der Waals surface area contributed by atoms with Gasteiger partial charge in [-0.05, 0) is 50.3 Å². The first-order valence-electron chi connectivity index (χ1n) is 8.51. The molecular formula is C19H28N2O3. The Kier molecular flexibility index (Phi) is 5.65. The van der Waals surface area contributed by atoms with Crippen molar-refractivity contribution < 1.29 is 14.3 Å². The van der Waals surface area contributed by atoms with E-state index in [0.717, 1.165) is 5.56 Å². The summed E-state index contributed by atoms with van der Waals surface area (Å²) in [7, 11) is 0. The highest BCUT2D eigenvalue weighted by Crippen LogP contribution is 2.29. The van der Waals surface area contributed by atoms with Crippen LogP contribution in [0.5, 0.6) is 0 Å². The molecule has 0 radical (unpaired) electrons. The molecule has 1 aromatic rings. The molecule has 0 aromatic heterocycles. The van der Waals surface area contributed by atoms with E-state index in [4.69, 9.17) is 4.74 Å². The lowest BCUT2D eigenvalue weighted by Crippen LogP contribution is -2.29. The van der Waals surface area contributed by atoms with Crippen molar-refractivity contribution >= 4 is 23.2 Å². The minimum absolute atomic E-state index is 0.0650. The fraction of sp³-hybridized carbons (Fsp3) is 0.579. The first-order chi connectivity index (χ1) is 11.2. The Bertz CT molecular complexity index is 616. The van der Waals surface area contributed by atoms with Gasteiger partial charge in [0.05, 0.1) is 6.61 Å². The zero-order chi connectivity index (χ0) is 17.9. The van der Waals surface area contributed by atoms with Crippen molar-refractivity contribution in [3.05, 3.63) is 23.8 Å². The third-order valence-electron chi connectivity index (χ3n) is 4.08. The lowest BCUT2D eigenvalue weighted by molar-refractivity contribution is -0.126. The summed E-state index contributed by atoms with van der Waals surface area (Å²) in [5.74, 6) is 0.390. The summed E-state index contributed by atoms with van der Waals surface area (Å²) >= 11 is 0. The Morgan fingerprint density at radius 1 is 1.25 bits per heavy atom. The average Bonchev–Trinajstić information content (AvgIpc) is 3.31. The first kappa shape index (κ1) is 18.5. The fourth-order valence-corrected chi connectivity index (χ4v) is 2.03. The maximum absolute atomic E-state index is 12.3. The van der Waals surface area contributed by atoms with E-state index in [-0.39, 0.29) is 11.8 Å². The van der Waals surface area contributed by atoms with E-state index < -0.39 is 11.5 Å². The van der Waals surface area contributed by atoms with E-state index in [2.05, 4.69) is 10.6 Å². The van der Waals surface area contributed by atoms with Crippen LogP contribution >= 0.6 is 0 Å². The quantitative estimate of drug-likeness (QED) is 0.834. The highest BCUT2D eigenvalue weighted by molar-refractivity contribution is 5.97. The van der Waals surface area contributed by atoms with Crippen LogP contribution in [0, 0.1) is 18.3 Å². The fourth-order valence-electron chi connectivity index (χ4n) is 2.03. The number of rotatable bonds is 6. The first-order valence-corrected chi connectivity index (χ1v) is 8.51. The number of carbonyl (C=O) groups is 2. The minimum atomic E-state index is -0.488. The second kappa shape index (κ2) is 7.34. The maximum atomic E-state index is 12.3. The summed E-state index contributed by atoms with van der Waals surface area (Å²) in [5, 5.41) is 5.77. The van der Waals surface area contributed by atoms with Gasteiger partial charge in [-0.15, -0.1) is 0 Å². The average molecular weight is 332 g/mol. The zero-order valence-electron chi connectivity index (χ0n) is 15.2. The van der Waals surface area contributed by atoms with Crippen LogP contribution in [0.3, 0.4) is 0 Å². The van der Waals surface area contributed by atoms with E-state index in [1.165, 1.54) is 12.8 Å². The van der Waals surface area contributed by atoms with Gasteiger partial charge in [-0.1, -0.05) is 26.8 Å². The molecule has 132 valence electrons. The Labute approximate surface area is 144 Å². The molecule has 0 aliphatic heterocycles. The van der Waals surface area contributed by atoms with Crippen LogP contribution in [0.15, 0.2) is 18.2 Å². The van der Waals surface area contributed by atoms with Gasteiger partial charge in [0, 0.05) is 16.8 Å². The van der Waals surface area contributed by atoms with Crippen molar-refractivity contribution in [3.63, 3.8) is 0 Å². The van der Waals surface area contributed by atoms with Gasteiger partial charge in [-0.3, -0.25) is 9.59 Å². The normalized spacial score (nSPS) is 15.7. The van der Waals surface area contributed by atoms with Gasteiger partial charge in [-0.2, -0.15) is 0 Å². The molecule has 24 heavy (non-hydrogen) atoms. The molecule has 1 saturated carbocycles. The van der Waals surface area contributed by atoms with E-state index in [9.17, 15) is 9.59 Å². The van der Waals surface area contributed by atoms with Gasteiger partial charge < -0.3 is 15.4 Å². The standard InChI is InChI=1S/C19H28N2O3/c1-12-6-9-15(20-18(23)19(3,4)5)10-16(12)21-17(22)13(2)24-11-14-7-8-14/h6,9-10,13-14H,7-8,11H2,1-5H3,(H,20,23)(H,21,22). The molecule has 5 heteroatoms. The second-order valence-corrected chi connectivity index (χ2v) is 7.64. The third-order valence-corrected chi connectivity index (χ3v) is 4.08. The molecule has 0 saturated heterocycles. The molecule has 1 unspecified atom stereocenters. The Balaban J connectivity index is 1.99. The number of aryl methyl sites for hydroxylation is 1. The van der Waals surface area contributed by atoms with Crippen LogP contribution in [0.25, 0.3) is 0 Å². The van der Waals surface area contributed by atoms with Crippen LogP contribution in [0.2, 0.25) is 0 Å². The third kappa shape index (κ3) is 5.34. The summed E-state index contributed by atoms with van der Waals surface area (Å²) < 4.78 is 5.60. The van der Waals surface area contributed by atoms with Crippen LogP contribution in [0.1, 0.15) is 46.1 Å². The van der Waals surface area contributed by atoms with Gasteiger partial charge in [-0.25, -0.2) is 0 Å². The number of benzene rings is 1. The van der Waals surface area contributed by atoms with Crippen molar-refractivity contribution in [2.75, 3.05) is 17.2 Å². The number of nitrogens with one attached hydrogen (secondary N) is 2. The Morgan fingerprint density at radius 2 is 1.92 bits per heavy atom. The predicted molar refractivity (Wildman–Crippen MR) is 96.0 cm³/mol. The molecule has 2 amide bonds. The molecule has 0 spiro atoms. The summed E-state index contributed by atoms with van der Waals surface area (Å²) in [6.45, 7) is 9.91. The number of carbonyl (C=O) groups excluding carboxylic acids is 2. The van der Waals surface area contributed by atoms with Crippen molar-refractivity contribution in [1.82, 2.24) is 0 Å². The van der Waals surface area contributed by atoms with Crippen LogP contribution in [-0.2, 0) is 14.3 Å². The molecule has 1 atom stereocenters. The zero-order valence-corrected chi connectivity index (χ0v) is 15.2. The molecule has 0 heterocycles. The Morgan fingerprint density at radius 3 is 2.50 bits per heavy atom. The van der Waals surface area contributed by atoms with Crippen molar-refractivity contribution in [2.45, 2.75) is 53.6 Å². The van der Waals surface area contributed by atoms with Crippen LogP contribution < -0.4 is 10.6 Å². The van der Waals surface area contributed by atoms with E-state index in [1.807, 2.05) is 39.8 Å². The number of amides is 2. The molecule has 1 aliphatic rings. The maximum Gasteiger partial charge on any atom is 0.253 e. The van der Waals surface area contributed by atoms with Crippen molar-refractivity contribution in [1.29, 1.82) is 0 Å². The topological polar surface area (TPSA) is 67.4 Å². The molecule has 1 fully saturated rings. The predicted octanol–water partition coefficient (Wildman–Crippen LogP) is 3.73. The highest BCUT2D eigenvalue weighted by Gasteiger charge is 2.24. The highest BCUT2D eigenvalue weighted by atomic mass is 16.5. The SMILES string of the molecule is Cc1ccc(NC(=O)C(C)(C)C)cc1NC(=O)C(C)OCC1CC1. The summed E-state index contributed by atoms with van der Waals surface area (Å²) in [4.78, 5) is 24.4. The minimum Gasteiger partial charge on any atom is -0.368 e. The Hall–Kier alpha value is -1.88. The molecular weight excluding hydrogens is 304 g/mol. The van der Waals surface area contributed by atoms with Crippen molar-refractivity contribution in [3.8, 4) is 0 Å². The number of anilines is 2. The monoisotopic (exact) mass is 332 g/mol. The molecule has 2 rings (SSSR count). The summed E-state index contributed by atoms with van der Waals surface area (Å²) in [5.41, 5.74) is 1.82. The summed E-state index contributed by atoms with van der Waals surface area (Å²) in [6, 6.07) is 5.50. The molecule has 1 aromatic carbocycles. The molecule has 1 aliphatic carbocycles. The number of ether oxygens (including phenoxy) is 1. The van der Waals surface area contributed by atoms with Crippen LogP contribution in [0.4, 0.5) is 11.4 Å². The lowest BCUT2D eigenvalue weighted by Gasteiger charge is -2.19. The smallest absolute Gasteiger partial charge is 0.253 e. The molecule has 2 N–H and O–H groups in total. The molecule has 5 nitrogen and oxygen atoms in total. The lowest BCUT2D eigenvalue weighted by atomic mass is 9.95. The van der Waals surface area contributed by atoms with E-state index in [0.29, 0.717) is 23.9 Å². The number of hydrogen-bond acceptors (Lipinski definition) is 3. The van der Waals surface area contributed by atoms with E-state index >= 15 is 0 Å². The van der Waals surface area contributed by atoms with Crippen molar-refractivity contribution in [2.24, 2.45) is 11.3 Å². The van der Waals surface area contributed by atoms with Gasteiger partial charge >= 0.3 is 0 Å². The van der Waals surface area contributed by atoms with Gasteiger partial charge in [0.1, 0.15) is 6.10 Å². The largest absolute Gasteiger partial charge is 0.368 e. The molecule has 0 bridgehead atoms. The number of hydrogen-bond donors (Lipinski definition) is 2.